The molecular formula is C18H16ClF3N4. The molecule has 0 unspecified atom stereocenters. The summed E-state index contributed by atoms with van der Waals surface area (Å²) in [7, 11) is 0. The van der Waals surface area contributed by atoms with E-state index in [4.69, 9.17) is 11.6 Å². The number of hydrogen-bond donors (Lipinski definition) is 0. The molecule has 136 valence electrons. The third-order valence-corrected chi connectivity index (χ3v) is 5.22. The van der Waals surface area contributed by atoms with Crippen molar-refractivity contribution in [3.8, 4) is 11.1 Å². The zero-order valence-electron chi connectivity index (χ0n) is 13.9. The summed E-state index contributed by atoms with van der Waals surface area (Å²) in [5, 5.41) is 4.08. The van der Waals surface area contributed by atoms with Crippen LogP contribution in [0.25, 0.3) is 16.9 Å². The Balaban J connectivity index is 1.93. The van der Waals surface area contributed by atoms with Crippen LogP contribution < -0.4 is 0 Å². The summed E-state index contributed by atoms with van der Waals surface area (Å²) in [5.74, 6) is -2.39. The lowest BCUT2D eigenvalue weighted by Crippen LogP contribution is -2.15. The third kappa shape index (κ3) is 3.05. The van der Waals surface area contributed by atoms with Crippen molar-refractivity contribution < 1.29 is 13.2 Å². The van der Waals surface area contributed by atoms with Crippen LogP contribution in [0.5, 0.6) is 0 Å². The van der Waals surface area contributed by atoms with E-state index in [-0.39, 0.29) is 22.1 Å². The smallest absolute Gasteiger partial charge is 0.207 e. The normalized spacial score (nSPS) is 15.7. The van der Waals surface area contributed by atoms with Crippen molar-refractivity contribution in [2.45, 2.75) is 38.5 Å². The lowest BCUT2D eigenvalue weighted by Gasteiger charge is -2.23. The first kappa shape index (κ1) is 17.3. The van der Waals surface area contributed by atoms with Crippen molar-refractivity contribution in [3.05, 3.63) is 46.8 Å². The van der Waals surface area contributed by atoms with Gasteiger partial charge in [-0.15, -0.1) is 0 Å². The molecule has 8 heteroatoms. The molecule has 26 heavy (non-hydrogen) atoms. The number of fused-ring (bicyclic) bond motifs is 1. The molecule has 0 N–H and O–H groups in total. The second kappa shape index (κ2) is 6.87. The minimum Gasteiger partial charge on any atom is -0.207 e. The van der Waals surface area contributed by atoms with E-state index in [0.29, 0.717) is 30.2 Å². The molecule has 1 aromatic carbocycles. The van der Waals surface area contributed by atoms with Crippen molar-refractivity contribution in [1.29, 1.82) is 0 Å². The molecular weight excluding hydrogens is 365 g/mol. The van der Waals surface area contributed by atoms with Crippen molar-refractivity contribution in [3.63, 3.8) is 0 Å². The van der Waals surface area contributed by atoms with Crippen LogP contribution in [0.4, 0.5) is 13.2 Å². The molecule has 0 amide bonds. The Hall–Kier alpha value is -2.15. The van der Waals surface area contributed by atoms with Gasteiger partial charge in [-0.2, -0.15) is 15.1 Å². The molecule has 0 radical (unpaired) electrons. The fraction of sp³-hybridized carbons (Fsp3) is 0.389. The van der Waals surface area contributed by atoms with Crippen LogP contribution >= 0.6 is 11.6 Å². The van der Waals surface area contributed by atoms with Crippen LogP contribution in [-0.2, 0) is 6.42 Å². The van der Waals surface area contributed by atoms with Gasteiger partial charge in [0.05, 0.1) is 11.3 Å². The molecule has 1 fully saturated rings. The molecule has 0 spiro atoms. The van der Waals surface area contributed by atoms with E-state index < -0.39 is 17.5 Å². The molecule has 1 saturated carbocycles. The molecule has 2 aromatic heterocycles. The Bertz CT molecular complexity index is 943. The monoisotopic (exact) mass is 380 g/mol. The van der Waals surface area contributed by atoms with Crippen LogP contribution in [0, 0.1) is 23.4 Å². The Kier molecular flexibility index (Phi) is 4.56. The maximum Gasteiger partial charge on any atom is 0.253 e. The molecule has 0 bridgehead atoms. The maximum atomic E-state index is 14.4. The topological polar surface area (TPSA) is 43.1 Å². The van der Waals surface area contributed by atoms with E-state index in [1.807, 2.05) is 0 Å². The minimum absolute atomic E-state index is 0.0688. The summed E-state index contributed by atoms with van der Waals surface area (Å²) < 4.78 is 43.7. The Morgan fingerprint density at radius 2 is 1.73 bits per heavy atom. The van der Waals surface area contributed by atoms with E-state index in [9.17, 15) is 13.2 Å². The van der Waals surface area contributed by atoms with Gasteiger partial charge in [0, 0.05) is 17.7 Å². The second-order valence-electron chi connectivity index (χ2n) is 6.65. The van der Waals surface area contributed by atoms with Gasteiger partial charge >= 0.3 is 0 Å². The molecule has 1 aliphatic rings. The van der Waals surface area contributed by atoms with Crippen LogP contribution in [-0.4, -0.2) is 19.6 Å². The van der Waals surface area contributed by atoms with E-state index >= 15 is 0 Å². The Morgan fingerprint density at radius 3 is 2.42 bits per heavy atom. The van der Waals surface area contributed by atoms with Crippen molar-refractivity contribution in [1.82, 2.24) is 19.6 Å². The van der Waals surface area contributed by atoms with E-state index in [2.05, 4.69) is 15.1 Å². The van der Waals surface area contributed by atoms with E-state index in [0.717, 1.165) is 25.7 Å². The SMILES string of the molecule is Fc1cc(F)c(-c2c(Cl)nc3ncnn3c2CC2CCCCC2)c(F)c1. The highest BCUT2D eigenvalue weighted by atomic mass is 35.5. The van der Waals surface area contributed by atoms with Gasteiger partial charge in [0.2, 0.25) is 0 Å². The van der Waals surface area contributed by atoms with Crippen LogP contribution in [0.3, 0.4) is 0 Å². The quantitative estimate of drug-likeness (QED) is 0.601. The first-order valence-electron chi connectivity index (χ1n) is 8.57. The fourth-order valence-electron chi connectivity index (χ4n) is 3.75. The maximum absolute atomic E-state index is 14.4. The molecule has 1 aliphatic carbocycles. The zero-order valence-corrected chi connectivity index (χ0v) is 14.6. The standard InChI is InChI=1S/C18H16ClF3N4/c19-17-16(15-12(21)7-11(20)8-13(15)22)14(6-10-4-2-1-3-5-10)26-18(25-17)23-9-24-26/h7-10H,1-6H2. The van der Waals surface area contributed by atoms with Gasteiger partial charge in [-0.3, -0.25) is 0 Å². The lowest BCUT2D eigenvalue weighted by atomic mass is 9.85. The first-order chi connectivity index (χ1) is 12.5. The molecule has 4 nitrogen and oxygen atoms in total. The number of nitrogens with zero attached hydrogens (tertiary/aromatic N) is 4. The predicted octanol–water partition coefficient (Wildman–Crippen LogP) is 4.98. The third-order valence-electron chi connectivity index (χ3n) is 4.94. The highest BCUT2D eigenvalue weighted by molar-refractivity contribution is 6.32. The van der Waals surface area contributed by atoms with Gasteiger partial charge in [0.1, 0.15) is 28.9 Å². The van der Waals surface area contributed by atoms with Gasteiger partial charge < -0.3 is 0 Å². The second-order valence-corrected chi connectivity index (χ2v) is 7.01. The summed E-state index contributed by atoms with van der Waals surface area (Å²) in [6.45, 7) is 0. The highest BCUT2D eigenvalue weighted by Gasteiger charge is 2.26. The highest BCUT2D eigenvalue weighted by Crippen LogP contribution is 2.37. The fourth-order valence-corrected chi connectivity index (χ4v) is 4.03. The van der Waals surface area contributed by atoms with E-state index in [1.165, 1.54) is 17.3 Å². The number of aromatic nitrogens is 4. The van der Waals surface area contributed by atoms with Crippen LogP contribution in [0.2, 0.25) is 5.15 Å². The first-order valence-corrected chi connectivity index (χ1v) is 8.95. The van der Waals surface area contributed by atoms with E-state index in [1.54, 1.807) is 0 Å². The van der Waals surface area contributed by atoms with Gasteiger partial charge in [-0.05, 0) is 12.3 Å². The molecule has 3 aromatic rings. The summed E-state index contributed by atoms with van der Waals surface area (Å²) in [6.07, 6.45) is 7.38. The average Bonchev–Trinajstić information content (AvgIpc) is 3.05. The van der Waals surface area contributed by atoms with Crippen molar-refractivity contribution >= 4 is 17.4 Å². The predicted molar refractivity (Wildman–Crippen MR) is 91.4 cm³/mol. The number of halogens is 4. The summed E-state index contributed by atoms with van der Waals surface area (Å²) in [5.41, 5.74) is 0.283. The lowest BCUT2D eigenvalue weighted by molar-refractivity contribution is 0.352. The van der Waals surface area contributed by atoms with Crippen LogP contribution in [0.15, 0.2) is 18.5 Å². The average molecular weight is 381 g/mol. The van der Waals surface area contributed by atoms with Crippen molar-refractivity contribution in [2.75, 3.05) is 0 Å². The molecule has 2 heterocycles. The van der Waals surface area contributed by atoms with Gasteiger partial charge in [0.25, 0.3) is 5.78 Å². The molecule has 0 aliphatic heterocycles. The summed E-state index contributed by atoms with van der Waals surface area (Å²) in [6, 6.07) is 1.29. The number of hydrogen-bond acceptors (Lipinski definition) is 3. The molecule has 4 rings (SSSR count). The zero-order chi connectivity index (χ0) is 18.3. The Labute approximate surface area is 153 Å². The number of rotatable bonds is 3. The Morgan fingerprint density at radius 1 is 1.04 bits per heavy atom. The van der Waals surface area contributed by atoms with Gasteiger partial charge in [0.15, 0.2) is 0 Å². The molecule has 0 atom stereocenters. The van der Waals surface area contributed by atoms with Crippen LogP contribution in [0.1, 0.15) is 37.8 Å². The largest absolute Gasteiger partial charge is 0.253 e. The number of benzene rings is 1. The molecule has 0 saturated heterocycles. The van der Waals surface area contributed by atoms with Gasteiger partial charge in [-0.25, -0.2) is 17.7 Å². The summed E-state index contributed by atoms with van der Waals surface area (Å²) in [4.78, 5) is 8.13. The van der Waals surface area contributed by atoms with Crippen molar-refractivity contribution in [2.24, 2.45) is 5.92 Å². The minimum atomic E-state index is -1.02. The summed E-state index contributed by atoms with van der Waals surface area (Å²) >= 11 is 6.28. The van der Waals surface area contributed by atoms with Gasteiger partial charge in [-0.1, -0.05) is 43.7 Å².